The van der Waals surface area contributed by atoms with Gasteiger partial charge in [-0.05, 0) is 49.5 Å². The smallest absolute Gasteiger partial charge is 0.136 e. The number of hydrogen-bond donors (Lipinski definition) is 0. The van der Waals surface area contributed by atoms with E-state index in [-0.39, 0.29) is 5.60 Å². The number of ether oxygens (including phenoxy) is 1. The Labute approximate surface area is 114 Å². The topological polar surface area (TPSA) is 26.3 Å². The van der Waals surface area contributed by atoms with Crippen LogP contribution in [0.1, 0.15) is 44.9 Å². The number of rotatable bonds is 1. The molecule has 2 aliphatic heterocycles. The van der Waals surface area contributed by atoms with E-state index in [1.54, 1.807) is 5.57 Å². The first-order chi connectivity index (χ1) is 8.77. The van der Waals surface area contributed by atoms with Crippen molar-refractivity contribution in [2.24, 2.45) is 5.92 Å². The number of hydrogen-bond acceptors (Lipinski definition) is 3. The molecule has 1 aliphatic carbocycles. The quantitative estimate of drug-likeness (QED) is 0.681. The van der Waals surface area contributed by atoms with Gasteiger partial charge in [-0.2, -0.15) is 11.8 Å². The summed E-state index contributed by atoms with van der Waals surface area (Å²) in [6.07, 6.45) is 9.48. The van der Waals surface area contributed by atoms with Crippen LogP contribution in [0.5, 0.6) is 0 Å². The Hall–Kier alpha value is -0.280. The van der Waals surface area contributed by atoms with Crippen LogP contribution >= 0.6 is 11.8 Å². The van der Waals surface area contributed by atoms with Crippen LogP contribution in [0, 0.1) is 5.92 Å². The minimum absolute atomic E-state index is 0.177. The van der Waals surface area contributed by atoms with Crippen LogP contribution in [0.25, 0.3) is 0 Å². The van der Waals surface area contributed by atoms with Gasteiger partial charge in [0.05, 0.1) is 5.60 Å². The molecule has 2 saturated heterocycles. The first kappa shape index (κ1) is 12.7. The molecule has 0 saturated carbocycles. The van der Waals surface area contributed by atoms with Gasteiger partial charge in [0.25, 0.3) is 0 Å². The van der Waals surface area contributed by atoms with E-state index in [9.17, 15) is 4.79 Å². The maximum Gasteiger partial charge on any atom is 0.136 e. The third-order valence-corrected chi connectivity index (χ3v) is 5.69. The Bertz CT molecular complexity index is 350. The van der Waals surface area contributed by atoms with Gasteiger partial charge in [0.1, 0.15) is 5.78 Å². The van der Waals surface area contributed by atoms with Crippen molar-refractivity contribution in [3.8, 4) is 0 Å². The van der Waals surface area contributed by atoms with Gasteiger partial charge in [-0.25, -0.2) is 0 Å². The fraction of sp³-hybridized carbons (Fsp3) is 0.800. The summed E-state index contributed by atoms with van der Waals surface area (Å²) in [4.78, 5) is 11.3. The molecule has 0 aromatic carbocycles. The van der Waals surface area contributed by atoms with Gasteiger partial charge in [-0.1, -0.05) is 11.6 Å². The first-order valence-corrected chi connectivity index (χ1v) is 8.35. The minimum Gasteiger partial charge on any atom is -0.375 e. The molecule has 1 unspecified atom stereocenters. The number of carbonyl (C=O) groups excluding carboxylic acids is 1. The monoisotopic (exact) mass is 266 g/mol. The van der Waals surface area contributed by atoms with Crippen LogP contribution in [0.2, 0.25) is 0 Å². The predicted octanol–water partition coefficient (Wildman–Crippen LogP) is 3.36. The molecular weight excluding hydrogens is 244 g/mol. The molecule has 18 heavy (non-hydrogen) atoms. The second-order valence-corrected chi connectivity index (χ2v) is 7.08. The van der Waals surface area contributed by atoms with Crippen molar-refractivity contribution < 1.29 is 9.53 Å². The Kier molecular flexibility index (Phi) is 3.81. The molecular formula is C15H22O2S. The number of carbonyl (C=O) groups is 1. The Morgan fingerprint density at radius 2 is 2.11 bits per heavy atom. The van der Waals surface area contributed by atoms with Crippen LogP contribution in [0.3, 0.4) is 0 Å². The van der Waals surface area contributed by atoms with Gasteiger partial charge in [-0.15, -0.1) is 0 Å². The average molecular weight is 266 g/mol. The third-order valence-electron chi connectivity index (χ3n) is 4.71. The molecule has 0 bridgehead atoms. The fourth-order valence-corrected chi connectivity index (χ4v) is 4.78. The van der Waals surface area contributed by atoms with Crippen molar-refractivity contribution in [1.29, 1.82) is 0 Å². The van der Waals surface area contributed by atoms with Gasteiger partial charge in [0, 0.05) is 19.4 Å². The zero-order valence-electron chi connectivity index (χ0n) is 11.0. The molecule has 2 fully saturated rings. The van der Waals surface area contributed by atoms with Crippen LogP contribution in [0.15, 0.2) is 11.6 Å². The lowest BCUT2D eigenvalue weighted by atomic mass is 9.76. The average Bonchev–Trinajstić information content (AvgIpc) is 2.40. The van der Waals surface area contributed by atoms with E-state index in [4.69, 9.17) is 4.74 Å². The summed E-state index contributed by atoms with van der Waals surface area (Å²) in [7, 11) is 0. The van der Waals surface area contributed by atoms with Crippen LogP contribution in [-0.2, 0) is 9.53 Å². The zero-order chi connectivity index (χ0) is 12.4. The first-order valence-electron chi connectivity index (χ1n) is 7.20. The lowest BCUT2D eigenvalue weighted by Gasteiger charge is -2.44. The standard InChI is InChI=1S/C15H22O2S/c16-14-3-1-12(2-4-14)13-5-8-17-15(11-13)6-9-18-10-7-15/h1,13H,2-11H2. The highest BCUT2D eigenvalue weighted by atomic mass is 32.2. The molecule has 0 aromatic rings. The van der Waals surface area contributed by atoms with Crippen molar-refractivity contribution >= 4 is 17.5 Å². The van der Waals surface area contributed by atoms with Gasteiger partial charge in [0.15, 0.2) is 0 Å². The van der Waals surface area contributed by atoms with Gasteiger partial charge in [0.2, 0.25) is 0 Å². The maximum absolute atomic E-state index is 11.3. The van der Waals surface area contributed by atoms with Crippen molar-refractivity contribution in [3.05, 3.63) is 11.6 Å². The van der Waals surface area contributed by atoms with Crippen molar-refractivity contribution in [2.75, 3.05) is 18.1 Å². The lowest BCUT2D eigenvalue weighted by molar-refractivity contribution is -0.118. The van der Waals surface area contributed by atoms with E-state index in [2.05, 4.69) is 17.8 Å². The van der Waals surface area contributed by atoms with Crippen molar-refractivity contribution in [3.63, 3.8) is 0 Å². The summed E-state index contributed by atoms with van der Waals surface area (Å²) in [6.45, 7) is 0.917. The highest BCUT2D eigenvalue weighted by Crippen LogP contribution is 2.43. The summed E-state index contributed by atoms with van der Waals surface area (Å²) in [5.41, 5.74) is 1.73. The molecule has 0 radical (unpaired) electrons. The summed E-state index contributed by atoms with van der Waals surface area (Å²) < 4.78 is 6.14. The molecule has 3 aliphatic rings. The van der Waals surface area contributed by atoms with E-state index >= 15 is 0 Å². The van der Waals surface area contributed by atoms with Gasteiger partial charge >= 0.3 is 0 Å². The second kappa shape index (κ2) is 5.38. The molecule has 1 spiro atoms. The molecule has 1 atom stereocenters. The molecule has 0 N–H and O–H groups in total. The van der Waals surface area contributed by atoms with E-state index in [0.29, 0.717) is 18.1 Å². The SMILES string of the molecule is O=C1CC=C(C2CCOC3(CCSCC3)C2)CC1. The molecule has 2 nitrogen and oxygen atoms in total. The largest absolute Gasteiger partial charge is 0.375 e. The predicted molar refractivity (Wildman–Crippen MR) is 74.9 cm³/mol. The lowest BCUT2D eigenvalue weighted by Crippen LogP contribution is -2.43. The fourth-order valence-electron chi connectivity index (χ4n) is 3.54. The molecule has 2 heterocycles. The highest BCUT2D eigenvalue weighted by molar-refractivity contribution is 7.99. The van der Waals surface area contributed by atoms with Crippen molar-refractivity contribution in [1.82, 2.24) is 0 Å². The van der Waals surface area contributed by atoms with Gasteiger partial charge in [-0.3, -0.25) is 4.79 Å². The maximum atomic E-state index is 11.3. The number of ketones is 1. The Morgan fingerprint density at radius 1 is 1.28 bits per heavy atom. The Balaban J connectivity index is 1.68. The van der Waals surface area contributed by atoms with E-state index in [0.717, 1.165) is 25.9 Å². The van der Waals surface area contributed by atoms with Crippen LogP contribution in [0.4, 0.5) is 0 Å². The Morgan fingerprint density at radius 3 is 2.83 bits per heavy atom. The summed E-state index contributed by atoms with van der Waals surface area (Å²) in [6, 6.07) is 0. The molecule has 0 amide bonds. The summed E-state index contributed by atoms with van der Waals surface area (Å²) in [5.74, 6) is 3.61. The molecule has 3 rings (SSSR count). The highest BCUT2D eigenvalue weighted by Gasteiger charge is 2.39. The molecule has 3 heteroatoms. The van der Waals surface area contributed by atoms with Gasteiger partial charge < -0.3 is 4.74 Å². The normalized spacial score (nSPS) is 32.3. The summed E-state index contributed by atoms with van der Waals surface area (Å²) >= 11 is 2.06. The second-order valence-electron chi connectivity index (χ2n) is 5.86. The molecule has 0 aromatic heterocycles. The van der Waals surface area contributed by atoms with E-state index < -0.39 is 0 Å². The van der Waals surface area contributed by atoms with E-state index in [1.165, 1.54) is 30.8 Å². The van der Waals surface area contributed by atoms with E-state index in [1.807, 2.05) is 0 Å². The van der Waals surface area contributed by atoms with Crippen molar-refractivity contribution in [2.45, 2.75) is 50.5 Å². The van der Waals surface area contributed by atoms with Crippen LogP contribution in [-0.4, -0.2) is 29.5 Å². The zero-order valence-corrected chi connectivity index (χ0v) is 11.8. The third kappa shape index (κ3) is 2.67. The minimum atomic E-state index is 0.177. The van der Waals surface area contributed by atoms with Crippen LogP contribution < -0.4 is 0 Å². The number of thioether (sulfide) groups is 1. The molecule has 100 valence electrons. The number of Topliss-reactive ketones (excluding diaryl/α,β-unsaturated/α-hetero) is 1. The summed E-state index contributed by atoms with van der Waals surface area (Å²) in [5, 5.41) is 0. The number of allylic oxidation sites excluding steroid dienone is 2.